The van der Waals surface area contributed by atoms with Gasteiger partial charge in [-0.05, 0) is 12.1 Å². The van der Waals surface area contributed by atoms with Gasteiger partial charge in [-0.15, -0.1) is 0 Å². The zero-order chi connectivity index (χ0) is 13.4. The fraction of sp³-hybridized carbons (Fsp3) is 0.364. The van der Waals surface area contributed by atoms with Gasteiger partial charge in [0.05, 0.1) is 32.3 Å². The lowest BCUT2D eigenvalue weighted by atomic mass is 10.1. The summed E-state index contributed by atoms with van der Waals surface area (Å²) in [6, 6.07) is 3.16. The van der Waals surface area contributed by atoms with E-state index in [4.69, 9.17) is 5.11 Å². The number of benzene rings is 1. The van der Waals surface area contributed by atoms with E-state index in [9.17, 15) is 18.0 Å². The minimum Gasteiger partial charge on any atom is -0.478 e. The van der Waals surface area contributed by atoms with Gasteiger partial charge in [0, 0.05) is 6.07 Å². The predicted molar refractivity (Wildman–Crippen MR) is 58.0 cm³/mol. The maximum Gasteiger partial charge on any atom is 0.417 e. The molecule has 0 bridgehead atoms. The van der Waals surface area contributed by atoms with Gasteiger partial charge in [-0.2, -0.15) is 13.2 Å². The number of hydrogen-bond donors (Lipinski definition) is 1. The smallest absolute Gasteiger partial charge is 0.417 e. The molecule has 0 aliphatic rings. The molecular formula is C11H13F3NO2+. The first-order chi connectivity index (χ1) is 7.53. The number of alkyl halides is 3. The van der Waals surface area contributed by atoms with Crippen LogP contribution in [0.5, 0.6) is 0 Å². The maximum absolute atomic E-state index is 12.6. The van der Waals surface area contributed by atoms with Gasteiger partial charge in [0.15, 0.2) is 0 Å². The van der Waals surface area contributed by atoms with Crippen molar-refractivity contribution in [2.75, 3.05) is 21.1 Å². The first kappa shape index (κ1) is 13.5. The van der Waals surface area contributed by atoms with Crippen molar-refractivity contribution in [3.8, 4) is 0 Å². The summed E-state index contributed by atoms with van der Waals surface area (Å²) in [5.41, 5.74) is -1.35. The van der Waals surface area contributed by atoms with Gasteiger partial charge < -0.3 is 5.11 Å². The molecule has 0 atom stereocenters. The Labute approximate surface area is 96.7 Å². The Morgan fingerprint density at radius 1 is 1.24 bits per heavy atom. The zero-order valence-corrected chi connectivity index (χ0v) is 9.67. The van der Waals surface area contributed by atoms with E-state index in [-0.39, 0.29) is 4.48 Å². The minimum atomic E-state index is -4.66. The van der Waals surface area contributed by atoms with Gasteiger partial charge >= 0.3 is 12.1 Å². The molecule has 0 aliphatic carbocycles. The van der Waals surface area contributed by atoms with Crippen LogP contribution in [0.15, 0.2) is 18.2 Å². The number of hydrogen-bond acceptors (Lipinski definition) is 1. The predicted octanol–water partition coefficient (Wildman–Crippen LogP) is 2.60. The highest BCUT2D eigenvalue weighted by Crippen LogP contribution is 2.34. The molecule has 0 saturated heterocycles. The summed E-state index contributed by atoms with van der Waals surface area (Å²) >= 11 is 0. The molecule has 1 N–H and O–H groups in total. The summed E-state index contributed by atoms with van der Waals surface area (Å²) in [5.74, 6) is -1.58. The van der Waals surface area contributed by atoms with Gasteiger partial charge in [0.2, 0.25) is 0 Å². The quantitative estimate of drug-likeness (QED) is 0.817. The summed E-state index contributed by atoms with van der Waals surface area (Å²) in [5, 5.41) is 8.81. The summed E-state index contributed by atoms with van der Waals surface area (Å²) in [4.78, 5) is 10.8. The van der Waals surface area contributed by atoms with Crippen LogP contribution in [0.1, 0.15) is 15.9 Å². The molecule has 0 saturated carbocycles. The molecule has 1 aromatic carbocycles. The average molecular weight is 248 g/mol. The third kappa shape index (κ3) is 2.97. The highest BCUT2D eigenvalue weighted by Gasteiger charge is 2.36. The van der Waals surface area contributed by atoms with Crippen molar-refractivity contribution in [3.63, 3.8) is 0 Å². The Morgan fingerprint density at radius 3 is 2.12 bits per heavy atom. The molecule has 6 heteroatoms. The first-order valence-electron chi connectivity index (χ1n) is 4.80. The molecular weight excluding hydrogens is 235 g/mol. The Morgan fingerprint density at radius 2 is 1.76 bits per heavy atom. The Bertz CT molecular complexity index is 447. The fourth-order valence-electron chi connectivity index (χ4n) is 1.37. The Balaban J connectivity index is 3.43. The van der Waals surface area contributed by atoms with Gasteiger partial charge in [-0.1, -0.05) is 0 Å². The molecule has 1 aromatic rings. The maximum atomic E-state index is 12.6. The van der Waals surface area contributed by atoms with E-state index >= 15 is 0 Å². The SMILES string of the molecule is C[N+](C)(C)c1ccc(C(F)(F)F)c(C(=O)O)c1. The lowest BCUT2D eigenvalue weighted by molar-refractivity contribution is -0.138. The molecule has 0 radical (unpaired) electrons. The van der Waals surface area contributed by atoms with Crippen LogP contribution in [0.2, 0.25) is 0 Å². The van der Waals surface area contributed by atoms with E-state index < -0.39 is 23.3 Å². The monoisotopic (exact) mass is 248 g/mol. The molecule has 0 heterocycles. The van der Waals surface area contributed by atoms with E-state index in [0.717, 1.165) is 12.1 Å². The Hall–Kier alpha value is -1.56. The summed E-state index contributed by atoms with van der Waals surface area (Å²) in [7, 11) is 5.23. The summed E-state index contributed by atoms with van der Waals surface area (Å²) in [6.45, 7) is 0. The highest BCUT2D eigenvalue weighted by atomic mass is 19.4. The molecule has 0 amide bonds. The van der Waals surface area contributed by atoms with Crippen molar-refractivity contribution >= 4 is 11.7 Å². The van der Waals surface area contributed by atoms with Gasteiger partial charge in [-0.25, -0.2) is 4.79 Å². The number of rotatable bonds is 2. The van der Waals surface area contributed by atoms with Gasteiger partial charge in [-0.3, -0.25) is 4.48 Å². The lowest BCUT2D eigenvalue weighted by Gasteiger charge is -2.24. The second-order valence-electron chi connectivity index (χ2n) is 4.55. The standard InChI is InChI=1S/C11H12F3NO2/c1-15(2,3)7-4-5-9(11(12,13)14)8(6-7)10(16)17/h4-6H,1-3H3/p+1. The fourth-order valence-corrected chi connectivity index (χ4v) is 1.37. The van der Waals surface area contributed by atoms with Crippen molar-refractivity contribution in [2.45, 2.75) is 6.18 Å². The second-order valence-corrected chi connectivity index (χ2v) is 4.55. The molecule has 0 aliphatic heterocycles. The number of aromatic carboxylic acids is 1. The van der Waals surface area contributed by atoms with E-state index in [0.29, 0.717) is 5.69 Å². The molecule has 17 heavy (non-hydrogen) atoms. The molecule has 3 nitrogen and oxygen atoms in total. The largest absolute Gasteiger partial charge is 0.478 e. The van der Waals surface area contributed by atoms with Gasteiger partial charge in [0.1, 0.15) is 5.69 Å². The molecule has 1 rings (SSSR count). The van der Waals surface area contributed by atoms with E-state index in [1.165, 1.54) is 6.07 Å². The van der Waals surface area contributed by atoms with Crippen LogP contribution in [0.4, 0.5) is 18.9 Å². The van der Waals surface area contributed by atoms with Crippen LogP contribution in [0.3, 0.4) is 0 Å². The van der Waals surface area contributed by atoms with Crippen LogP contribution < -0.4 is 4.48 Å². The van der Waals surface area contributed by atoms with E-state index in [1.807, 2.05) is 0 Å². The molecule has 94 valence electrons. The van der Waals surface area contributed by atoms with Crippen molar-refractivity contribution in [1.82, 2.24) is 4.48 Å². The van der Waals surface area contributed by atoms with Crippen LogP contribution in [-0.4, -0.2) is 32.2 Å². The van der Waals surface area contributed by atoms with Crippen molar-refractivity contribution in [2.24, 2.45) is 0 Å². The van der Waals surface area contributed by atoms with Crippen molar-refractivity contribution < 1.29 is 23.1 Å². The van der Waals surface area contributed by atoms with Gasteiger partial charge in [0.25, 0.3) is 0 Å². The number of quaternary nitrogens is 1. The van der Waals surface area contributed by atoms with Crippen molar-refractivity contribution in [1.29, 1.82) is 0 Å². The van der Waals surface area contributed by atoms with E-state index in [2.05, 4.69) is 0 Å². The highest BCUT2D eigenvalue weighted by molar-refractivity contribution is 5.90. The number of halogens is 3. The van der Waals surface area contributed by atoms with Crippen LogP contribution in [0.25, 0.3) is 0 Å². The number of carbonyl (C=O) groups is 1. The van der Waals surface area contributed by atoms with Crippen LogP contribution in [0, 0.1) is 0 Å². The topological polar surface area (TPSA) is 37.3 Å². The molecule has 0 spiro atoms. The number of carboxylic acids is 1. The third-order valence-electron chi connectivity index (χ3n) is 2.31. The summed E-state index contributed by atoms with van der Waals surface area (Å²) in [6.07, 6.45) is -4.66. The molecule has 0 unspecified atom stereocenters. The number of nitrogens with zero attached hydrogens (tertiary/aromatic N) is 1. The summed E-state index contributed by atoms with van der Waals surface area (Å²) < 4.78 is 38.0. The van der Waals surface area contributed by atoms with Crippen LogP contribution >= 0.6 is 0 Å². The van der Waals surface area contributed by atoms with E-state index in [1.54, 1.807) is 21.1 Å². The lowest BCUT2D eigenvalue weighted by Crippen LogP contribution is -2.35. The molecule has 0 fully saturated rings. The minimum absolute atomic E-state index is 0.248. The number of carboxylic acid groups (broad SMARTS) is 1. The van der Waals surface area contributed by atoms with Crippen molar-refractivity contribution in [3.05, 3.63) is 29.3 Å². The zero-order valence-electron chi connectivity index (χ0n) is 9.67. The van der Waals surface area contributed by atoms with Crippen LogP contribution in [-0.2, 0) is 6.18 Å². The first-order valence-corrected chi connectivity index (χ1v) is 4.80. The average Bonchev–Trinajstić information content (AvgIpc) is 2.14. The second kappa shape index (κ2) is 4.03. The Kier molecular flexibility index (Phi) is 3.20. The third-order valence-corrected chi connectivity index (χ3v) is 2.31. The normalized spacial score (nSPS) is 12.6. The molecule has 0 aromatic heterocycles.